The molecule has 2 aromatic carbocycles. The van der Waals surface area contributed by atoms with Crippen LogP contribution >= 0.6 is 0 Å². The van der Waals surface area contributed by atoms with E-state index in [0.29, 0.717) is 60.8 Å². The number of nitrogens with one attached hydrogen (secondary N) is 2. The van der Waals surface area contributed by atoms with Gasteiger partial charge in [0.15, 0.2) is 0 Å². The van der Waals surface area contributed by atoms with Crippen molar-refractivity contribution in [1.82, 2.24) is 20.0 Å². The number of anilines is 2. The molecule has 1 fully saturated rings. The second-order valence-corrected chi connectivity index (χ2v) is 9.60. The number of urea groups is 1. The molecule has 0 saturated carbocycles. The summed E-state index contributed by atoms with van der Waals surface area (Å²) in [5.74, 6) is -0.0429. The summed E-state index contributed by atoms with van der Waals surface area (Å²) in [7, 11) is 1.39. The summed E-state index contributed by atoms with van der Waals surface area (Å²) in [5, 5.41) is 22.1. The van der Waals surface area contributed by atoms with Gasteiger partial charge in [-0.25, -0.2) is 4.79 Å². The maximum atomic E-state index is 13.1. The number of nitrogens with zero attached hydrogens (tertiary/aromatic N) is 4. The third-order valence-electron chi connectivity index (χ3n) is 6.80. The molecular formula is C27H26F6N6O4. The van der Waals surface area contributed by atoms with Crippen LogP contribution in [-0.4, -0.2) is 82.7 Å². The molecule has 3 amide bonds. The smallest absolute Gasteiger partial charge is 0.430 e. The molecule has 1 aliphatic rings. The number of carbonyl (C=O) groups excluding carboxylic acids is 2. The second-order valence-electron chi connectivity index (χ2n) is 9.60. The zero-order chi connectivity index (χ0) is 31.4. The highest BCUT2D eigenvalue weighted by Gasteiger charge is 2.71. The van der Waals surface area contributed by atoms with Gasteiger partial charge >= 0.3 is 18.4 Å². The van der Waals surface area contributed by atoms with Crippen LogP contribution in [0.4, 0.5) is 42.5 Å². The molecular weight excluding hydrogens is 586 g/mol. The molecule has 10 nitrogen and oxygen atoms in total. The van der Waals surface area contributed by atoms with Crippen molar-refractivity contribution in [2.75, 3.05) is 43.9 Å². The number of carbonyl (C=O) groups is 2. The van der Waals surface area contributed by atoms with Gasteiger partial charge in [-0.3, -0.25) is 9.69 Å². The number of methoxy groups -OCH3 is 1. The summed E-state index contributed by atoms with van der Waals surface area (Å²) < 4.78 is 84.1. The first-order valence-electron chi connectivity index (χ1n) is 12.7. The predicted octanol–water partition coefficient (Wildman–Crippen LogP) is 4.40. The van der Waals surface area contributed by atoms with Gasteiger partial charge in [0.25, 0.3) is 11.5 Å². The lowest BCUT2D eigenvalue weighted by Crippen LogP contribution is -2.53. The molecule has 0 aliphatic carbocycles. The summed E-state index contributed by atoms with van der Waals surface area (Å²) in [4.78, 5) is 28.9. The van der Waals surface area contributed by atoms with Crippen LogP contribution in [-0.2, 0) is 12.1 Å². The molecule has 0 spiro atoms. The topological polar surface area (TPSA) is 120 Å². The van der Waals surface area contributed by atoms with Crippen LogP contribution in [0.2, 0.25) is 0 Å². The molecule has 0 bridgehead atoms. The number of aliphatic hydroxyl groups is 1. The van der Waals surface area contributed by atoms with Gasteiger partial charge in [0.05, 0.1) is 30.9 Å². The number of halogens is 6. The van der Waals surface area contributed by atoms with Gasteiger partial charge in [0.2, 0.25) is 0 Å². The van der Waals surface area contributed by atoms with E-state index in [9.17, 15) is 41.0 Å². The molecule has 1 saturated heterocycles. The van der Waals surface area contributed by atoms with Crippen molar-refractivity contribution in [2.24, 2.45) is 0 Å². The van der Waals surface area contributed by atoms with E-state index in [1.54, 1.807) is 11.0 Å². The highest BCUT2D eigenvalue weighted by molar-refractivity contribution is 6.01. The Balaban J connectivity index is 1.34. The number of piperazine rings is 1. The maximum absolute atomic E-state index is 13.1. The zero-order valence-corrected chi connectivity index (χ0v) is 22.5. The minimum absolute atomic E-state index is 0.213. The van der Waals surface area contributed by atoms with E-state index in [0.717, 1.165) is 12.1 Å². The van der Waals surface area contributed by atoms with E-state index in [1.165, 1.54) is 37.7 Å². The minimum Gasteiger partial charge on any atom is -0.495 e. The lowest BCUT2D eigenvalue weighted by atomic mass is 9.91. The van der Waals surface area contributed by atoms with E-state index in [1.807, 2.05) is 4.90 Å². The highest BCUT2D eigenvalue weighted by Crippen LogP contribution is 2.50. The number of alkyl halides is 6. The van der Waals surface area contributed by atoms with Gasteiger partial charge in [0, 0.05) is 43.9 Å². The average Bonchev–Trinajstić information content (AvgIpc) is 2.96. The fraction of sp³-hybridized carbons (Fsp3) is 0.333. The molecule has 16 heteroatoms. The summed E-state index contributed by atoms with van der Waals surface area (Å²) in [6, 6.07) is 8.97. The second kappa shape index (κ2) is 12.4. The fourth-order valence-electron chi connectivity index (χ4n) is 4.47. The standard InChI is InChI=1S/C27H26F6N6O4/c1-43-22-14-18(4-7-21(22)37-24(41)36-20-8-9-34-35-15-20)23(40)39-12-10-38(11-13-39)16-17-2-5-19(6-3-17)25(42,26(28,29)30)27(31,32)33/h2-9,14-15,42H,10-13,16H2,1H3,(H2,34,36,37,41). The highest BCUT2D eigenvalue weighted by atomic mass is 19.4. The first-order valence-corrected chi connectivity index (χ1v) is 12.7. The van der Waals surface area contributed by atoms with Gasteiger partial charge in [-0.15, -0.1) is 0 Å². The first kappa shape index (κ1) is 31.5. The molecule has 1 aliphatic heterocycles. The van der Waals surface area contributed by atoms with Crippen molar-refractivity contribution in [2.45, 2.75) is 24.5 Å². The number of hydrogen-bond donors (Lipinski definition) is 3. The quantitative estimate of drug-likeness (QED) is 0.339. The van der Waals surface area contributed by atoms with E-state index in [4.69, 9.17) is 4.74 Å². The van der Waals surface area contributed by atoms with E-state index >= 15 is 0 Å². The van der Waals surface area contributed by atoms with E-state index < -0.39 is 29.5 Å². The van der Waals surface area contributed by atoms with Crippen LogP contribution in [0.15, 0.2) is 60.9 Å². The number of amides is 3. The SMILES string of the molecule is COc1cc(C(=O)N2CCN(Cc3ccc(C(O)(C(F)(F)F)C(F)(F)F)cc3)CC2)ccc1NC(=O)Nc1ccnnc1. The van der Waals surface area contributed by atoms with Crippen LogP contribution in [0.1, 0.15) is 21.5 Å². The Morgan fingerprint density at radius 1 is 0.907 bits per heavy atom. The fourth-order valence-corrected chi connectivity index (χ4v) is 4.47. The Morgan fingerprint density at radius 2 is 1.56 bits per heavy atom. The molecule has 1 aromatic heterocycles. The minimum atomic E-state index is -5.95. The maximum Gasteiger partial charge on any atom is 0.430 e. The summed E-state index contributed by atoms with van der Waals surface area (Å²) in [5.41, 5.74) is -4.82. The number of hydrogen-bond acceptors (Lipinski definition) is 7. The van der Waals surface area contributed by atoms with Gasteiger partial charge < -0.3 is 25.4 Å². The lowest BCUT2D eigenvalue weighted by molar-refractivity contribution is -0.376. The van der Waals surface area contributed by atoms with Crippen molar-refractivity contribution in [3.05, 3.63) is 77.6 Å². The number of ether oxygens (including phenoxy) is 1. The molecule has 3 aromatic rings. The number of aromatic nitrogens is 2. The van der Waals surface area contributed by atoms with Crippen LogP contribution < -0.4 is 15.4 Å². The Labute approximate surface area is 241 Å². The Hall–Kier alpha value is -4.44. The number of rotatable bonds is 7. The lowest BCUT2D eigenvalue weighted by Gasteiger charge is -2.35. The van der Waals surface area contributed by atoms with Gasteiger partial charge in [-0.05, 0) is 29.8 Å². The molecule has 2 heterocycles. The van der Waals surface area contributed by atoms with Crippen molar-refractivity contribution in [1.29, 1.82) is 0 Å². The summed E-state index contributed by atoms with van der Waals surface area (Å²) >= 11 is 0. The third-order valence-corrected chi connectivity index (χ3v) is 6.80. The monoisotopic (exact) mass is 612 g/mol. The predicted molar refractivity (Wildman–Crippen MR) is 141 cm³/mol. The molecule has 0 atom stereocenters. The van der Waals surface area contributed by atoms with Crippen LogP contribution in [0, 0.1) is 0 Å². The normalized spacial score (nSPS) is 14.7. The van der Waals surface area contributed by atoms with E-state index in [2.05, 4.69) is 20.8 Å². The Kier molecular flexibility index (Phi) is 9.10. The molecule has 3 N–H and O–H groups in total. The van der Waals surface area contributed by atoms with Gasteiger partial charge in [0.1, 0.15) is 5.75 Å². The number of benzene rings is 2. The van der Waals surface area contributed by atoms with Crippen LogP contribution in [0.5, 0.6) is 5.75 Å². The van der Waals surface area contributed by atoms with Crippen LogP contribution in [0.3, 0.4) is 0 Å². The molecule has 0 unspecified atom stereocenters. The third kappa shape index (κ3) is 6.97. The van der Waals surface area contributed by atoms with Crippen molar-refractivity contribution in [3.8, 4) is 5.75 Å². The van der Waals surface area contributed by atoms with Gasteiger partial charge in [-0.2, -0.15) is 36.5 Å². The van der Waals surface area contributed by atoms with Gasteiger partial charge in [-0.1, -0.05) is 24.3 Å². The molecule has 43 heavy (non-hydrogen) atoms. The summed E-state index contributed by atoms with van der Waals surface area (Å²) in [6.07, 6.45) is -9.13. The van der Waals surface area contributed by atoms with Crippen LogP contribution in [0.25, 0.3) is 0 Å². The molecule has 0 radical (unpaired) electrons. The van der Waals surface area contributed by atoms with Crippen molar-refractivity contribution < 1.29 is 45.8 Å². The van der Waals surface area contributed by atoms with E-state index in [-0.39, 0.29) is 18.2 Å². The largest absolute Gasteiger partial charge is 0.495 e. The van der Waals surface area contributed by atoms with Crippen molar-refractivity contribution >= 4 is 23.3 Å². The average molecular weight is 613 g/mol. The Morgan fingerprint density at radius 3 is 2.12 bits per heavy atom. The molecule has 230 valence electrons. The molecule has 4 rings (SSSR count). The zero-order valence-electron chi connectivity index (χ0n) is 22.5. The Bertz CT molecular complexity index is 1410. The first-order chi connectivity index (χ1) is 20.2. The summed E-state index contributed by atoms with van der Waals surface area (Å²) in [6.45, 7) is 1.62. The van der Waals surface area contributed by atoms with Crippen molar-refractivity contribution in [3.63, 3.8) is 0 Å².